The molecule has 1 aliphatic heterocycles. The molecule has 0 radical (unpaired) electrons. The van der Waals surface area contributed by atoms with Gasteiger partial charge in [0.25, 0.3) is 5.24 Å². The molecule has 1 atom stereocenters. The Morgan fingerprint density at radius 1 is 1.73 bits per heavy atom. The quantitative estimate of drug-likeness (QED) is 0.648. The Morgan fingerprint density at radius 3 is 3.00 bits per heavy atom. The number of carbonyl (C=O) groups excluding carboxylic acids is 2. The van der Waals surface area contributed by atoms with Crippen LogP contribution in [0.15, 0.2) is 0 Å². The van der Waals surface area contributed by atoms with Gasteiger partial charge in [0.2, 0.25) is 5.91 Å². The summed E-state index contributed by atoms with van der Waals surface area (Å²) in [5.41, 5.74) is 0. The molecule has 1 aliphatic rings. The highest BCUT2D eigenvalue weighted by atomic mass is 32.2. The summed E-state index contributed by atoms with van der Waals surface area (Å²) >= 11 is 1.17. The lowest BCUT2D eigenvalue weighted by Gasteiger charge is -2.20. The average Bonchev–Trinajstić information content (AvgIpc) is 2.64. The van der Waals surface area contributed by atoms with Crippen molar-refractivity contribution in [3.63, 3.8) is 0 Å². The number of carbonyl (C=O) groups is 2. The molecule has 0 saturated carbocycles. The van der Waals surface area contributed by atoms with Gasteiger partial charge in [-0.1, -0.05) is 11.8 Å². The third-order valence-electron chi connectivity index (χ3n) is 2.27. The molecule has 1 saturated heterocycles. The van der Waals surface area contributed by atoms with Crippen molar-refractivity contribution in [2.24, 2.45) is 0 Å². The van der Waals surface area contributed by atoms with E-state index in [4.69, 9.17) is 0 Å². The SMILES string of the molecule is CNCCCN(C)C(=O)C1CSC(=O)N1. The molecule has 0 spiro atoms. The topological polar surface area (TPSA) is 61.4 Å². The summed E-state index contributed by atoms with van der Waals surface area (Å²) in [5, 5.41) is 5.57. The fourth-order valence-electron chi connectivity index (χ4n) is 1.39. The first-order valence-electron chi connectivity index (χ1n) is 4.98. The Balaban J connectivity index is 2.29. The average molecular weight is 231 g/mol. The van der Waals surface area contributed by atoms with Crippen LogP contribution in [0.3, 0.4) is 0 Å². The molecule has 6 heteroatoms. The molecule has 15 heavy (non-hydrogen) atoms. The molecule has 0 aromatic heterocycles. The molecule has 1 heterocycles. The van der Waals surface area contributed by atoms with Crippen LogP contribution in [-0.4, -0.2) is 55.0 Å². The maximum Gasteiger partial charge on any atom is 0.279 e. The Morgan fingerprint density at radius 2 is 2.47 bits per heavy atom. The van der Waals surface area contributed by atoms with Crippen LogP contribution in [0.1, 0.15) is 6.42 Å². The molecule has 1 fully saturated rings. The van der Waals surface area contributed by atoms with Crippen molar-refractivity contribution < 1.29 is 9.59 Å². The van der Waals surface area contributed by atoms with Gasteiger partial charge in [-0.05, 0) is 20.0 Å². The zero-order chi connectivity index (χ0) is 11.3. The standard InChI is InChI=1S/C9H17N3O2S/c1-10-4-3-5-12(2)8(13)7-6-15-9(14)11-7/h7,10H,3-6H2,1-2H3,(H,11,14). The summed E-state index contributed by atoms with van der Waals surface area (Å²) < 4.78 is 0. The van der Waals surface area contributed by atoms with E-state index < -0.39 is 0 Å². The van der Waals surface area contributed by atoms with Crippen LogP contribution in [0, 0.1) is 0 Å². The van der Waals surface area contributed by atoms with E-state index >= 15 is 0 Å². The molecular weight excluding hydrogens is 214 g/mol. The monoisotopic (exact) mass is 231 g/mol. The molecule has 0 bridgehead atoms. The van der Waals surface area contributed by atoms with Gasteiger partial charge in [-0.2, -0.15) is 0 Å². The van der Waals surface area contributed by atoms with Crippen LogP contribution in [-0.2, 0) is 4.79 Å². The normalized spacial score (nSPS) is 20.1. The van der Waals surface area contributed by atoms with E-state index in [9.17, 15) is 9.59 Å². The molecule has 86 valence electrons. The number of rotatable bonds is 5. The highest BCUT2D eigenvalue weighted by molar-refractivity contribution is 8.14. The lowest BCUT2D eigenvalue weighted by atomic mass is 10.3. The Bertz CT molecular complexity index is 248. The van der Waals surface area contributed by atoms with Gasteiger partial charge in [0.05, 0.1) is 0 Å². The lowest BCUT2D eigenvalue weighted by Crippen LogP contribution is -2.44. The molecular formula is C9H17N3O2S. The van der Waals surface area contributed by atoms with Gasteiger partial charge in [-0.3, -0.25) is 9.59 Å². The van der Waals surface area contributed by atoms with Crippen LogP contribution in [0.2, 0.25) is 0 Å². The fraction of sp³-hybridized carbons (Fsp3) is 0.778. The van der Waals surface area contributed by atoms with Crippen LogP contribution >= 0.6 is 11.8 Å². The predicted molar refractivity (Wildman–Crippen MR) is 61.0 cm³/mol. The highest BCUT2D eigenvalue weighted by Gasteiger charge is 2.29. The van der Waals surface area contributed by atoms with Gasteiger partial charge in [0.15, 0.2) is 0 Å². The fourth-order valence-corrected chi connectivity index (χ4v) is 2.16. The van der Waals surface area contributed by atoms with Gasteiger partial charge < -0.3 is 15.5 Å². The second-order valence-electron chi connectivity index (χ2n) is 3.51. The number of nitrogens with one attached hydrogen (secondary N) is 2. The third-order valence-corrected chi connectivity index (χ3v) is 3.15. The predicted octanol–water partition coefficient (Wildman–Crippen LogP) is -0.121. The van der Waals surface area contributed by atoms with E-state index in [0.717, 1.165) is 19.5 Å². The van der Waals surface area contributed by atoms with E-state index in [1.54, 1.807) is 11.9 Å². The highest BCUT2D eigenvalue weighted by Crippen LogP contribution is 2.14. The number of hydrogen-bond donors (Lipinski definition) is 2. The van der Waals surface area contributed by atoms with Crippen LogP contribution in [0.25, 0.3) is 0 Å². The van der Waals surface area contributed by atoms with Crippen molar-refractivity contribution >= 4 is 22.9 Å². The first-order chi connectivity index (χ1) is 7.15. The van der Waals surface area contributed by atoms with Crippen LogP contribution in [0.4, 0.5) is 4.79 Å². The molecule has 2 N–H and O–H groups in total. The summed E-state index contributed by atoms with van der Waals surface area (Å²) in [5.74, 6) is 0.554. The summed E-state index contributed by atoms with van der Waals surface area (Å²) in [7, 11) is 3.66. The van der Waals surface area contributed by atoms with E-state index in [-0.39, 0.29) is 17.2 Å². The maximum absolute atomic E-state index is 11.8. The Labute approximate surface area is 94.0 Å². The van der Waals surface area contributed by atoms with Crippen molar-refractivity contribution in [3.05, 3.63) is 0 Å². The number of hydrogen-bond acceptors (Lipinski definition) is 4. The number of amides is 2. The molecule has 2 amide bonds. The summed E-state index contributed by atoms with van der Waals surface area (Å²) in [6.07, 6.45) is 0.923. The van der Waals surface area contributed by atoms with Crippen molar-refractivity contribution in [2.45, 2.75) is 12.5 Å². The van der Waals surface area contributed by atoms with E-state index in [0.29, 0.717) is 5.75 Å². The minimum absolute atomic E-state index is 0.00412. The Hall–Kier alpha value is -0.750. The smallest absolute Gasteiger partial charge is 0.279 e. The lowest BCUT2D eigenvalue weighted by molar-refractivity contribution is -0.131. The van der Waals surface area contributed by atoms with Crippen LogP contribution < -0.4 is 10.6 Å². The summed E-state index contributed by atoms with van der Waals surface area (Å²) in [4.78, 5) is 24.3. The number of thioether (sulfide) groups is 1. The van der Waals surface area contributed by atoms with Gasteiger partial charge in [-0.25, -0.2) is 0 Å². The molecule has 5 nitrogen and oxygen atoms in total. The van der Waals surface area contributed by atoms with Crippen molar-refractivity contribution in [1.29, 1.82) is 0 Å². The molecule has 0 aromatic rings. The minimum atomic E-state index is -0.331. The zero-order valence-corrected chi connectivity index (χ0v) is 9.89. The van der Waals surface area contributed by atoms with Gasteiger partial charge >= 0.3 is 0 Å². The minimum Gasteiger partial charge on any atom is -0.344 e. The first kappa shape index (κ1) is 12.3. The molecule has 1 unspecified atom stereocenters. The summed E-state index contributed by atoms with van der Waals surface area (Å²) in [6.45, 7) is 1.61. The second kappa shape index (κ2) is 5.97. The zero-order valence-electron chi connectivity index (χ0n) is 9.08. The largest absolute Gasteiger partial charge is 0.344 e. The number of likely N-dealkylation sites (N-methyl/N-ethyl adjacent to an activating group) is 1. The van der Waals surface area contributed by atoms with Gasteiger partial charge in [-0.15, -0.1) is 0 Å². The molecule has 0 aliphatic carbocycles. The van der Waals surface area contributed by atoms with Gasteiger partial charge in [0, 0.05) is 19.3 Å². The van der Waals surface area contributed by atoms with E-state index in [1.807, 2.05) is 7.05 Å². The maximum atomic E-state index is 11.8. The first-order valence-corrected chi connectivity index (χ1v) is 5.96. The molecule has 1 rings (SSSR count). The van der Waals surface area contributed by atoms with Gasteiger partial charge in [0.1, 0.15) is 6.04 Å². The molecule has 0 aromatic carbocycles. The van der Waals surface area contributed by atoms with E-state index in [2.05, 4.69) is 10.6 Å². The van der Waals surface area contributed by atoms with Crippen molar-refractivity contribution in [1.82, 2.24) is 15.5 Å². The van der Waals surface area contributed by atoms with E-state index in [1.165, 1.54) is 11.8 Å². The Kier molecular flexibility index (Phi) is 4.90. The van der Waals surface area contributed by atoms with Crippen molar-refractivity contribution in [3.8, 4) is 0 Å². The summed E-state index contributed by atoms with van der Waals surface area (Å²) in [6, 6.07) is -0.331. The van der Waals surface area contributed by atoms with Crippen LogP contribution in [0.5, 0.6) is 0 Å². The third kappa shape index (κ3) is 3.71. The number of nitrogens with zero attached hydrogens (tertiary/aromatic N) is 1. The van der Waals surface area contributed by atoms with Crippen molar-refractivity contribution in [2.75, 3.05) is 32.9 Å². The second-order valence-corrected chi connectivity index (χ2v) is 4.51.